The Balaban J connectivity index is 2.63. The molecule has 0 spiro atoms. The van der Waals surface area contributed by atoms with E-state index in [-0.39, 0.29) is 5.41 Å². The molecule has 1 N–H and O–H groups in total. The van der Waals surface area contributed by atoms with Gasteiger partial charge in [0.15, 0.2) is 0 Å². The normalized spacial score (nSPS) is 22.1. The molecule has 2 nitrogen and oxygen atoms in total. The highest BCUT2D eigenvalue weighted by Gasteiger charge is 2.38. The molecule has 0 unspecified atom stereocenters. The number of rotatable bonds is 3. The van der Waals surface area contributed by atoms with Crippen molar-refractivity contribution in [1.29, 1.82) is 0 Å². The summed E-state index contributed by atoms with van der Waals surface area (Å²) in [6.07, 6.45) is 7.08. The third-order valence-electron chi connectivity index (χ3n) is 2.99. The molecule has 1 aliphatic carbocycles. The fourth-order valence-corrected chi connectivity index (χ4v) is 2.28. The second-order valence-corrected chi connectivity index (χ2v) is 3.90. The Bertz CT molecular complexity index is 152. The summed E-state index contributed by atoms with van der Waals surface area (Å²) >= 11 is 0. The molecule has 0 aliphatic heterocycles. The molecule has 0 radical (unpaired) electrons. The maximum absolute atomic E-state index is 11.1. The van der Waals surface area contributed by atoms with Crippen LogP contribution in [0.4, 0.5) is 0 Å². The molecule has 0 atom stereocenters. The van der Waals surface area contributed by atoms with Crippen molar-refractivity contribution < 1.29 is 9.90 Å². The van der Waals surface area contributed by atoms with Crippen molar-refractivity contribution in [1.82, 2.24) is 0 Å². The zero-order chi connectivity index (χ0) is 9.03. The predicted octanol–water partition coefficient (Wildman–Crippen LogP) is 2.82. The van der Waals surface area contributed by atoms with Gasteiger partial charge in [0.25, 0.3) is 0 Å². The fourth-order valence-electron chi connectivity index (χ4n) is 2.28. The predicted molar refractivity (Wildman–Crippen MR) is 48.1 cm³/mol. The van der Waals surface area contributed by atoms with E-state index in [1.54, 1.807) is 0 Å². The van der Waals surface area contributed by atoms with Gasteiger partial charge in [-0.3, -0.25) is 4.79 Å². The second kappa shape index (κ2) is 3.92. The van der Waals surface area contributed by atoms with Gasteiger partial charge < -0.3 is 5.11 Å². The molecule has 0 aromatic rings. The van der Waals surface area contributed by atoms with Gasteiger partial charge in [-0.2, -0.15) is 0 Å². The summed E-state index contributed by atoms with van der Waals surface area (Å²) in [5.74, 6) is -0.566. The van der Waals surface area contributed by atoms with Gasteiger partial charge in [0.2, 0.25) is 0 Å². The Kier molecular flexibility index (Phi) is 3.12. The van der Waals surface area contributed by atoms with E-state index in [9.17, 15) is 4.79 Å². The molecular formula is C10H18O2. The summed E-state index contributed by atoms with van der Waals surface area (Å²) in [7, 11) is 0. The highest BCUT2D eigenvalue weighted by atomic mass is 16.4. The van der Waals surface area contributed by atoms with Crippen molar-refractivity contribution in [2.45, 2.75) is 51.9 Å². The highest BCUT2D eigenvalue weighted by molar-refractivity contribution is 5.74. The second-order valence-electron chi connectivity index (χ2n) is 3.90. The van der Waals surface area contributed by atoms with Crippen LogP contribution >= 0.6 is 0 Å². The van der Waals surface area contributed by atoms with Gasteiger partial charge in [0, 0.05) is 0 Å². The van der Waals surface area contributed by atoms with E-state index in [2.05, 4.69) is 6.92 Å². The largest absolute Gasteiger partial charge is 0.481 e. The lowest BCUT2D eigenvalue weighted by atomic mass is 9.71. The van der Waals surface area contributed by atoms with Gasteiger partial charge >= 0.3 is 5.97 Å². The minimum Gasteiger partial charge on any atom is -0.481 e. The molecule has 0 bridgehead atoms. The third-order valence-corrected chi connectivity index (χ3v) is 2.99. The summed E-state index contributed by atoms with van der Waals surface area (Å²) in [6.45, 7) is 2.07. The number of aliphatic carboxylic acids is 1. The average Bonchev–Trinajstić information content (AvgIpc) is 2.06. The number of carboxylic acid groups (broad SMARTS) is 1. The zero-order valence-electron chi connectivity index (χ0n) is 7.81. The van der Waals surface area contributed by atoms with Gasteiger partial charge in [0.1, 0.15) is 0 Å². The smallest absolute Gasteiger partial charge is 0.309 e. The Morgan fingerprint density at radius 1 is 1.33 bits per heavy atom. The van der Waals surface area contributed by atoms with Crippen LogP contribution < -0.4 is 0 Å². The molecule has 12 heavy (non-hydrogen) atoms. The quantitative estimate of drug-likeness (QED) is 0.707. The van der Waals surface area contributed by atoms with Crippen LogP contribution in [0.25, 0.3) is 0 Å². The molecular weight excluding hydrogens is 152 g/mol. The molecule has 2 heteroatoms. The molecule has 1 fully saturated rings. The Morgan fingerprint density at radius 3 is 2.33 bits per heavy atom. The minimum absolute atomic E-state index is 0.354. The number of carbonyl (C=O) groups is 1. The van der Waals surface area contributed by atoms with Crippen LogP contribution in [0.2, 0.25) is 0 Å². The highest BCUT2D eigenvalue weighted by Crippen LogP contribution is 2.40. The third kappa shape index (κ3) is 1.79. The molecule has 0 aromatic heterocycles. The summed E-state index contributed by atoms with van der Waals surface area (Å²) in [4.78, 5) is 11.1. The van der Waals surface area contributed by atoms with E-state index in [4.69, 9.17) is 5.11 Å². The first-order valence-corrected chi connectivity index (χ1v) is 4.95. The van der Waals surface area contributed by atoms with Crippen molar-refractivity contribution >= 4 is 5.97 Å². The van der Waals surface area contributed by atoms with E-state index in [0.717, 1.165) is 38.5 Å². The Morgan fingerprint density at radius 2 is 1.92 bits per heavy atom. The average molecular weight is 170 g/mol. The van der Waals surface area contributed by atoms with Crippen LogP contribution in [-0.2, 0) is 4.79 Å². The summed E-state index contributed by atoms with van der Waals surface area (Å²) < 4.78 is 0. The minimum atomic E-state index is -0.566. The van der Waals surface area contributed by atoms with E-state index >= 15 is 0 Å². The van der Waals surface area contributed by atoms with Gasteiger partial charge in [-0.05, 0) is 19.3 Å². The topological polar surface area (TPSA) is 37.3 Å². The van der Waals surface area contributed by atoms with E-state index < -0.39 is 5.97 Å². The maximum atomic E-state index is 11.1. The van der Waals surface area contributed by atoms with Gasteiger partial charge in [-0.15, -0.1) is 0 Å². The van der Waals surface area contributed by atoms with Crippen LogP contribution in [0.3, 0.4) is 0 Å². The number of hydrogen-bond donors (Lipinski definition) is 1. The van der Waals surface area contributed by atoms with E-state index in [0.29, 0.717) is 0 Å². The SMILES string of the molecule is CCCC1(C(=O)O)CCCCC1. The first-order valence-electron chi connectivity index (χ1n) is 4.95. The molecule has 1 aliphatic rings. The molecule has 0 saturated heterocycles. The van der Waals surface area contributed by atoms with Crippen LogP contribution in [-0.4, -0.2) is 11.1 Å². The molecule has 1 rings (SSSR count). The molecule has 0 amide bonds. The summed E-state index contributed by atoms with van der Waals surface area (Å²) in [6, 6.07) is 0. The van der Waals surface area contributed by atoms with Crippen LogP contribution in [0.15, 0.2) is 0 Å². The first-order chi connectivity index (χ1) is 5.71. The zero-order valence-corrected chi connectivity index (χ0v) is 7.81. The fraction of sp³-hybridized carbons (Fsp3) is 0.900. The van der Waals surface area contributed by atoms with Gasteiger partial charge in [0.05, 0.1) is 5.41 Å². The summed E-state index contributed by atoms with van der Waals surface area (Å²) in [5.41, 5.74) is -0.354. The molecule has 0 aromatic carbocycles. The number of hydrogen-bond acceptors (Lipinski definition) is 1. The monoisotopic (exact) mass is 170 g/mol. The van der Waals surface area contributed by atoms with Crippen LogP contribution in [0, 0.1) is 5.41 Å². The maximum Gasteiger partial charge on any atom is 0.309 e. The lowest BCUT2D eigenvalue weighted by Gasteiger charge is -2.32. The lowest BCUT2D eigenvalue weighted by molar-refractivity contribution is -0.151. The first kappa shape index (κ1) is 9.56. The van der Waals surface area contributed by atoms with Gasteiger partial charge in [-0.1, -0.05) is 32.6 Å². The molecule has 70 valence electrons. The lowest BCUT2D eigenvalue weighted by Crippen LogP contribution is -2.33. The van der Waals surface area contributed by atoms with E-state index in [1.807, 2.05) is 0 Å². The summed E-state index contributed by atoms with van der Waals surface area (Å²) in [5, 5.41) is 9.12. The van der Waals surface area contributed by atoms with Crippen LogP contribution in [0.5, 0.6) is 0 Å². The van der Waals surface area contributed by atoms with Crippen molar-refractivity contribution in [3.63, 3.8) is 0 Å². The Hall–Kier alpha value is -0.530. The van der Waals surface area contributed by atoms with Crippen molar-refractivity contribution in [2.24, 2.45) is 5.41 Å². The molecule has 1 saturated carbocycles. The van der Waals surface area contributed by atoms with Crippen molar-refractivity contribution in [2.75, 3.05) is 0 Å². The van der Waals surface area contributed by atoms with Crippen molar-refractivity contribution in [3.8, 4) is 0 Å². The van der Waals surface area contributed by atoms with Gasteiger partial charge in [-0.25, -0.2) is 0 Å². The molecule has 0 heterocycles. The number of carboxylic acids is 1. The Labute approximate surface area is 74.0 Å². The van der Waals surface area contributed by atoms with E-state index in [1.165, 1.54) is 6.42 Å². The standard InChI is InChI=1S/C10H18O2/c1-2-6-10(9(11)12)7-4-3-5-8-10/h2-8H2,1H3,(H,11,12). The van der Waals surface area contributed by atoms with Crippen molar-refractivity contribution in [3.05, 3.63) is 0 Å². The van der Waals surface area contributed by atoms with Crippen LogP contribution in [0.1, 0.15) is 51.9 Å².